The second kappa shape index (κ2) is 5.34. The number of cyclic esters (lactones) is 2. The fourth-order valence-corrected chi connectivity index (χ4v) is 3.96. The number of esters is 2. The van der Waals surface area contributed by atoms with Crippen LogP contribution < -0.4 is 0 Å². The van der Waals surface area contributed by atoms with Gasteiger partial charge in [-0.25, -0.2) is 0 Å². The van der Waals surface area contributed by atoms with Crippen molar-refractivity contribution in [3.8, 4) is 0 Å². The van der Waals surface area contributed by atoms with Gasteiger partial charge in [-0.05, 0) is 28.7 Å². The molecule has 0 spiro atoms. The average Bonchev–Trinajstić information content (AvgIpc) is 2.89. The topological polar surface area (TPSA) is 43.4 Å². The molecule has 1 heterocycles. The number of ether oxygens (including phenoxy) is 1. The molecule has 0 bridgehead atoms. The lowest BCUT2D eigenvalue weighted by atomic mass is 9.69. The maximum Gasteiger partial charge on any atom is 0.318 e. The van der Waals surface area contributed by atoms with E-state index in [2.05, 4.69) is 42.5 Å². The molecular weight excluding hydrogens is 288 g/mol. The summed E-state index contributed by atoms with van der Waals surface area (Å²) in [5.41, 5.74) is 1.07. The van der Waals surface area contributed by atoms with Gasteiger partial charge in [0.25, 0.3) is 0 Å². The van der Waals surface area contributed by atoms with E-state index < -0.39 is 5.92 Å². The van der Waals surface area contributed by atoms with Crippen molar-refractivity contribution in [1.82, 2.24) is 0 Å². The summed E-state index contributed by atoms with van der Waals surface area (Å²) in [5.74, 6) is -1.46. The molecule has 4 rings (SSSR count). The lowest BCUT2D eigenvalue weighted by Crippen LogP contribution is -2.32. The van der Waals surface area contributed by atoms with Crippen molar-refractivity contribution in [2.24, 2.45) is 17.8 Å². The minimum Gasteiger partial charge on any atom is -0.393 e. The average molecular weight is 306 g/mol. The maximum absolute atomic E-state index is 12.3. The van der Waals surface area contributed by atoms with Gasteiger partial charge in [-0.15, -0.1) is 0 Å². The van der Waals surface area contributed by atoms with Gasteiger partial charge in [0.2, 0.25) is 0 Å². The zero-order valence-corrected chi connectivity index (χ0v) is 12.9. The van der Waals surface area contributed by atoms with Crippen LogP contribution in [0.3, 0.4) is 0 Å². The first-order chi connectivity index (χ1) is 11.2. The molecule has 3 heteroatoms. The number of hydrogen-bond donors (Lipinski definition) is 0. The van der Waals surface area contributed by atoms with Gasteiger partial charge in [-0.1, -0.05) is 61.5 Å². The van der Waals surface area contributed by atoms with E-state index in [1.807, 2.05) is 19.1 Å². The quantitative estimate of drug-likeness (QED) is 0.481. The summed E-state index contributed by atoms with van der Waals surface area (Å²) in [6, 6.07) is 14.4. The Balaban J connectivity index is 1.80. The molecule has 2 aliphatic rings. The van der Waals surface area contributed by atoms with Crippen LogP contribution in [0, 0.1) is 17.8 Å². The molecule has 2 aromatic rings. The van der Waals surface area contributed by atoms with Gasteiger partial charge in [-0.2, -0.15) is 0 Å². The highest BCUT2D eigenvalue weighted by Gasteiger charge is 2.52. The molecule has 23 heavy (non-hydrogen) atoms. The van der Waals surface area contributed by atoms with Crippen molar-refractivity contribution in [2.45, 2.75) is 19.3 Å². The zero-order chi connectivity index (χ0) is 16.0. The molecule has 0 aromatic heterocycles. The van der Waals surface area contributed by atoms with Crippen LogP contribution in [-0.4, -0.2) is 11.9 Å². The summed E-state index contributed by atoms with van der Waals surface area (Å²) in [6.07, 6.45) is 5.00. The molecule has 3 nitrogen and oxygen atoms in total. The van der Waals surface area contributed by atoms with Crippen LogP contribution in [0.2, 0.25) is 0 Å². The van der Waals surface area contributed by atoms with E-state index in [1.54, 1.807) is 0 Å². The first-order valence-corrected chi connectivity index (χ1v) is 8.11. The molecule has 1 aliphatic heterocycles. The molecular formula is C20H18O3. The molecule has 4 unspecified atom stereocenters. The Hall–Kier alpha value is -2.42. The van der Waals surface area contributed by atoms with E-state index in [9.17, 15) is 9.59 Å². The van der Waals surface area contributed by atoms with Crippen LogP contribution in [0.1, 0.15) is 24.8 Å². The fourth-order valence-electron chi connectivity index (χ4n) is 3.96. The monoisotopic (exact) mass is 306 g/mol. The summed E-state index contributed by atoms with van der Waals surface area (Å²) >= 11 is 0. The highest BCUT2D eigenvalue weighted by atomic mass is 16.6. The van der Waals surface area contributed by atoms with E-state index in [0.717, 1.165) is 17.4 Å². The molecule has 2 aromatic carbocycles. The number of carbonyl (C=O) groups is 2. The molecule has 116 valence electrons. The normalized spacial score (nSPS) is 29.6. The van der Waals surface area contributed by atoms with Crippen LogP contribution in [0.15, 0.2) is 54.6 Å². The third-order valence-corrected chi connectivity index (χ3v) is 5.18. The van der Waals surface area contributed by atoms with Crippen molar-refractivity contribution in [3.05, 3.63) is 60.2 Å². The highest BCUT2D eigenvalue weighted by Crippen LogP contribution is 2.46. The molecule has 1 aliphatic carbocycles. The fraction of sp³-hybridized carbons (Fsp3) is 0.300. The molecule has 0 radical (unpaired) electrons. The first-order valence-electron chi connectivity index (χ1n) is 8.11. The van der Waals surface area contributed by atoms with E-state index in [1.165, 1.54) is 5.39 Å². The van der Waals surface area contributed by atoms with Crippen molar-refractivity contribution in [3.63, 3.8) is 0 Å². The predicted molar refractivity (Wildman–Crippen MR) is 87.7 cm³/mol. The molecule has 1 fully saturated rings. The van der Waals surface area contributed by atoms with Gasteiger partial charge in [-0.3, -0.25) is 9.59 Å². The Bertz CT molecular complexity index is 821. The van der Waals surface area contributed by atoms with Crippen molar-refractivity contribution in [2.75, 3.05) is 0 Å². The molecule has 4 atom stereocenters. The third-order valence-electron chi connectivity index (χ3n) is 5.18. The Labute approximate surface area is 134 Å². The second-order valence-corrected chi connectivity index (χ2v) is 6.38. The zero-order valence-electron chi connectivity index (χ0n) is 12.9. The Morgan fingerprint density at radius 1 is 0.913 bits per heavy atom. The molecule has 0 saturated carbocycles. The van der Waals surface area contributed by atoms with E-state index in [-0.39, 0.29) is 29.7 Å². The van der Waals surface area contributed by atoms with Crippen LogP contribution in [0.25, 0.3) is 10.8 Å². The highest BCUT2D eigenvalue weighted by molar-refractivity contribution is 5.98. The number of carbonyl (C=O) groups excluding carboxylic acids is 2. The Morgan fingerprint density at radius 3 is 2.43 bits per heavy atom. The summed E-state index contributed by atoms with van der Waals surface area (Å²) in [5, 5.41) is 2.31. The Morgan fingerprint density at radius 2 is 1.65 bits per heavy atom. The predicted octanol–water partition coefficient (Wildman–Crippen LogP) is 3.84. The number of rotatable bonds is 2. The van der Waals surface area contributed by atoms with Gasteiger partial charge in [0.15, 0.2) is 0 Å². The van der Waals surface area contributed by atoms with Crippen molar-refractivity contribution >= 4 is 22.7 Å². The van der Waals surface area contributed by atoms with Crippen LogP contribution in [0.4, 0.5) is 0 Å². The number of fused-ring (bicyclic) bond motifs is 2. The third kappa shape index (κ3) is 2.19. The van der Waals surface area contributed by atoms with Crippen LogP contribution in [-0.2, 0) is 14.3 Å². The van der Waals surface area contributed by atoms with Gasteiger partial charge < -0.3 is 4.74 Å². The number of allylic oxidation sites excluding steroid dienone is 2. The maximum atomic E-state index is 12.3. The minimum atomic E-state index is -0.390. The summed E-state index contributed by atoms with van der Waals surface area (Å²) < 4.78 is 4.96. The Kier molecular flexibility index (Phi) is 3.29. The standard InChI is InChI=1S/C20H18O3/c1-2-12-9-10-16(18-17(12)19(21)23-20(18)22)15-8-7-13-5-3-4-6-14(13)11-15/h3-12,16-18H,2H2,1H3. The lowest BCUT2D eigenvalue weighted by molar-refractivity contribution is -0.154. The summed E-state index contributed by atoms with van der Waals surface area (Å²) in [7, 11) is 0. The SMILES string of the molecule is CCC1C=CC(c2ccc3ccccc3c2)C2C(=O)OC(=O)C12. The number of benzene rings is 2. The van der Waals surface area contributed by atoms with Gasteiger partial charge in [0.1, 0.15) is 0 Å². The lowest BCUT2D eigenvalue weighted by Gasteiger charge is -2.30. The largest absolute Gasteiger partial charge is 0.393 e. The van der Waals surface area contributed by atoms with E-state index in [0.29, 0.717) is 0 Å². The first kappa shape index (κ1) is 14.2. The molecule has 0 N–H and O–H groups in total. The van der Waals surface area contributed by atoms with Crippen molar-refractivity contribution < 1.29 is 14.3 Å². The van der Waals surface area contributed by atoms with Gasteiger partial charge in [0, 0.05) is 5.92 Å². The number of hydrogen-bond acceptors (Lipinski definition) is 3. The van der Waals surface area contributed by atoms with Gasteiger partial charge >= 0.3 is 11.9 Å². The van der Waals surface area contributed by atoms with Crippen LogP contribution in [0.5, 0.6) is 0 Å². The molecule has 0 amide bonds. The van der Waals surface area contributed by atoms with Crippen molar-refractivity contribution in [1.29, 1.82) is 0 Å². The summed E-state index contributed by atoms with van der Waals surface area (Å²) in [4.78, 5) is 24.4. The summed E-state index contributed by atoms with van der Waals surface area (Å²) in [6.45, 7) is 2.04. The van der Waals surface area contributed by atoms with E-state index >= 15 is 0 Å². The molecule has 1 saturated heterocycles. The second-order valence-electron chi connectivity index (χ2n) is 6.38. The van der Waals surface area contributed by atoms with Crippen LogP contribution >= 0.6 is 0 Å². The minimum absolute atomic E-state index is 0.0913. The van der Waals surface area contributed by atoms with Gasteiger partial charge in [0.05, 0.1) is 11.8 Å². The van der Waals surface area contributed by atoms with E-state index in [4.69, 9.17) is 4.74 Å². The smallest absolute Gasteiger partial charge is 0.318 e.